The zero-order valence-corrected chi connectivity index (χ0v) is 13.8. The van der Waals surface area contributed by atoms with Crippen molar-refractivity contribution in [2.24, 2.45) is 0 Å². The van der Waals surface area contributed by atoms with E-state index in [1.165, 1.54) is 11.4 Å². The summed E-state index contributed by atoms with van der Waals surface area (Å²) in [6.07, 6.45) is 0. The van der Waals surface area contributed by atoms with Crippen LogP contribution in [0.2, 0.25) is 0 Å². The Balaban J connectivity index is 1.76. The average Bonchev–Trinajstić information content (AvgIpc) is 2.53. The molecule has 0 radical (unpaired) electrons. The smallest absolute Gasteiger partial charge is 0.0605 e. The Labute approximate surface area is 129 Å². The average molecular weight is 290 g/mol. The van der Waals surface area contributed by atoms with Crippen LogP contribution in [0.1, 0.15) is 13.8 Å². The zero-order chi connectivity index (χ0) is 15.1. The van der Waals surface area contributed by atoms with Gasteiger partial charge in [0.05, 0.1) is 11.4 Å². The Morgan fingerprint density at radius 3 is 2.48 bits per heavy atom. The summed E-state index contributed by atoms with van der Waals surface area (Å²) in [4.78, 5) is 7.30. The molecule has 1 heterocycles. The van der Waals surface area contributed by atoms with Crippen molar-refractivity contribution < 1.29 is 0 Å². The highest BCUT2D eigenvalue weighted by Crippen LogP contribution is 2.31. The highest BCUT2D eigenvalue weighted by Gasteiger charge is 2.18. The van der Waals surface area contributed by atoms with E-state index in [0.29, 0.717) is 0 Å². The van der Waals surface area contributed by atoms with Crippen LogP contribution in [0, 0.1) is 0 Å². The molecule has 4 heteroatoms. The predicted molar refractivity (Wildman–Crippen MR) is 92.6 cm³/mol. The van der Waals surface area contributed by atoms with Gasteiger partial charge in [-0.2, -0.15) is 0 Å². The summed E-state index contributed by atoms with van der Waals surface area (Å²) in [6.45, 7) is 13.3. The van der Waals surface area contributed by atoms with E-state index in [0.717, 1.165) is 52.4 Å². The van der Waals surface area contributed by atoms with Crippen LogP contribution in [0.4, 0.5) is 11.4 Å². The molecule has 4 nitrogen and oxygen atoms in total. The summed E-state index contributed by atoms with van der Waals surface area (Å²) in [5.74, 6) is 0. The first-order chi connectivity index (χ1) is 10.3. The number of likely N-dealkylation sites (N-methyl/N-ethyl adjacent to an activating group) is 2. The summed E-state index contributed by atoms with van der Waals surface area (Å²) < 4.78 is 0. The maximum absolute atomic E-state index is 3.58. The molecular formula is C17H30N4. The Morgan fingerprint density at radius 2 is 1.76 bits per heavy atom. The van der Waals surface area contributed by atoms with Gasteiger partial charge in [-0.1, -0.05) is 26.0 Å². The number of hydrogen-bond donors (Lipinski definition) is 1. The first-order valence-corrected chi connectivity index (χ1v) is 8.24. The van der Waals surface area contributed by atoms with Gasteiger partial charge < -0.3 is 20.0 Å². The van der Waals surface area contributed by atoms with Gasteiger partial charge in [-0.25, -0.2) is 0 Å². The normalized spacial score (nSPS) is 14.7. The third-order valence-electron chi connectivity index (χ3n) is 4.40. The van der Waals surface area contributed by atoms with Gasteiger partial charge in [0.2, 0.25) is 0 Å². The lowest BCUT2D eigenvalue weighted by Crippen LogP contribution is -2.43. The number of benzene rings is 1. The maximum atomic E-state index is 3.58. The van der Waals surface area contributed by atoms with E-state index < -0.39 is 0 Å². The van der Waals surface area contributed by atoms with Crippen LogP contribution in [0.15, 0.2) is 24.3 Å². The lowest BCUT2D eigenvalue weighted by molar-refractivity contribution is 0.303. The summed E-state index contributed by atoms with van der Waals surface area (Å²) in [6, 6.07) is 8.72. The van der Waals surface area contributed by atoms with Gasteiger partial charge >= 0.3 is 0 Å². The highest BCUT2D eigenvalue weighted by atomic mass is 15.3. The molecule has 0 aromatic heterocycles. The lowest BCUT2D eigenvalue weighted by atomic mass is 10.2. The summed E-state index contributed by atoms with van der Waals surface area (Å²) in [7, 11) is 2.18. The molecule has 0 saturated carbocycles. The van der Waals surface area contributed by atoms with Gasteiger partial charge in [0.25, 0.3) is 0 Å². The monoisotopic (exact) mass is 290 g/mol. The number of nitrogens with one attached hydrogen (secondary N) is 1. The second kappa shape index (κ2) is 8.25. The molecule has 2 rings (SSSR count). The highest BCUT2D eigenvalue weighted by molar-refractivity contribution is 5.73. The van der Waals surface area contributed by atoms with E-state index in [-0.39, 0.29) is 0 Å². The Kier molecular flexibility index (Phi) is 6.33. The fraction of sp³-hybridized carbons (Fsp3) is 0.647. The molecule has 0 spiro atoms. The lowest BCUT2D eigenvalue weighted by Gasteiger charge is -2.37. The first kappa shape index (κ1) is 16.1. The third kappa shape index (κ3) is 4.35. The van der Waals surface area contributed by atoms with Crippen molar-refractivity contribution >= 4 is 11.4 Å². The summed E-state index contributed by atoms with van der Waals surface area (Å²) in [5, 5.41) is 3.58. The van der Waals surface area contributed by atoms with Crippen LogP contribution in [0.3, 0.4) is 0 Å². The van der Waals surface area contributed by atoms with Crippen molar-refractivity contribution in [3.8, 4) is 0 Å². The van der Waals surface area contributed by atoms with E-state index in [1.54, 1.807) is 0 Å². The van der Waals surface area contributed by atoms with Crippen molar-refractivity contribution in [2.75, 3.05) is 69.2 Å². The number of fused-ring (bicyclic) bond motifs is 1. The van der Waals surface area contributed by atoms with Crippen LogP contribution in [0.5, 0.6) is 0 Å². The molecule has 0 unspecified atom stereocenters. The number of hydrogen-bond acceptors (Lipinski definition) is 4. The molecule has 118 valence electrons. The van der Waals surface area contributed by atoms with Crippen LogP contribution in [0.25, 0.3) is 0 Å². The largest absolute Gasteiger partial charge is 0.371 e. The molecule has 0 fully saturated rings. The zero-order valence-electron chi connectivity index (χ0n) is 13.8. The van der Waals surface area contributed by atoms with Crippen molar-refractivity contribution in [2.45, 2.75) is 13.8 Å². The van der Waals surface area contributed by atoms with E-state index >= 15 is 0 Å². The third-order valence-corrected chi connectivity index (χ3v) is 4.40. The van der Waals surface area contributed by atoms with Gasteiger partial charge in [-0.15, -0.1) is 0 Å². The molecule has 1 aliphatic rings. The second-order valence-electron chi connectivity index (χ2n) is 5.67. The van der Waals surface area contributed by atoms with Crippen molar-refractivity contribution in [1.29, 1.82) is 0 Å². The summed E-state index contributed by atoms with van der Waals surface area (Å²) in [5.41, 5.74) is 2.73. The van der Waals surface area contributed by atoms with E-state index in [9.17, 15) is 0 Å². The molecule has 0 atom stereocenters. The minimum atomic E-state index is 1.05. The SMILES string of the molecule is CCN(CC)CCNCCN1CCN(C)c2ccccc21. The van der Waals surface area contributed by atoms with Crippen LogP contribution < -0.4 is 15.1 Å². The molecule has 1 aromatic carbocycles. The molecular weight excluding hydrogens is 260 g/mol. The topological polar surface area (TPSA) is 21.8 Å². The molecule has 0 bridgehead atoms. The summed E-state index contributed by atoms with van der Waals surface area (Å²) >= 11 is 0. The fourth-order valence-electron chi connectivity index (χ4n) is 2.91. The second-order valence-corrected chi connectivity index (χ2v) is 5.67. The van der Waals surface area contributed by atoms with Crippen molar-refractivity contribution in [1.82, 2.24) is 10.2 Å². The fourth-order valence-corrected chi connectivity index (χ4v) is 2.91. The molecule has 21 heavy (non-hydrogen) atoms. The van der Waals surface area contributed by atoms with Gasteiger partial charge in [0, 0.05) is 46.3 Å². The van der Waals surface area contributed by atoms with Crippen LogP contribution >= 0.6 is 0 Å². The van der Waals surface area contributed by atoms with Crippen molar-refractivity contribution in [3.63, 3.8) is 0 Å². The maximum Gasteiger partial charge on any atom is 0.0605 e. The minimum Gasteiger partial charge on any atom is -0.371 e. The predicted octanol–water partition coefficient (Wildman–Crippen LogP) is 1.87. The molecule has 1 N–H and O–H groups in total. The Bertz CT molecular complexity index is 417. The molecule has 0 amide bonds. The molecule has 0 aliphatic carbocycles. The number of para-hydroxylation sites is 2. The van der Waals surface area contributed by atoms with E-state index in [1.807, 2.05) is 0 Å². The van der Waals surface area contributed by atoms with Crippen LogP contribution in [-0.4, -0.2) is 64.3 Å². The first-order valence-electron chi connectivity index (χ1n) is 8.24. The van der Waals surface area contributed by atoms with Crippen LogP contribution in [-0.2, 0) is 0 Å². The van der Waals surface area contributed by atoms with Crippen molar-refractivity contribution in [3.05, 3.63) is 24.3 Å². The van der Waals surface area contributed by atoms with Gasteiger partial charge in [-0.05, 0) is 25.2 Å². The molecule has 1 aliphatic heterocycles. The van der Waals surface area contributed by atoms with Gasteiger partial charge in [0.15, 0.2) is 0 Å². The van der Waals surface area contributed by atoms with E-state index in [4.69, 9.17) is 0 Å². The molecule has 1 aromatic rings. The number of rotatable bonds is 8. The van der Waals surface area contributed by atoms with Gasteiger partial charge in [0.1, 0.15) is 0 Å². The standard InChI is InChI=1S/C17H30N4/c1-4-20(5-2)12-10-18-11-13-21-15-14-19(3)16-8-6-7-9-17(16)21/h6-9,18H,4-5,10-15H2,1-3H3. The van der Waals surface area contributed by atoms with Gasteiger partial charge in [-0.3, -0.25) is 0 Å². The number of anilines is 2. The Hall–Kier alpha value is -1.26. The number of nitrogens with zero attached hydrogens (tertiary/aromatic N) is 3. The Morgan fingerprint density at radius 1 is 1.05 bits per heavy atom. The van der Waals surface area contributed by atoms with E-state index in [2.05, 4.69) is 65.2 Å². The quantitative estimate of drug-likeness (QED) is 0.738. The minimum absolute atomic E-state index is 1.05. The molecule has 0 saturated heterocycles.